The van der Waals surface area contributed by atoms with E-state index in [1.165, 1.54) is 96.3 Å². The Bertz CT molecular complexity index is 534. The first-order chi connectivity index (χ1) is 13.8. The standard InChI is InChI=1S/C24H42BrNO2.BrH/c1-2-3-4-5-6-7-8-9-10-11-12-13-14-15-16-17-18-28-24-21-26-22(20-25)19-23(24)27;/h19,21H,2-18,20H2,1H3,(H,26,27);1H. The van der Waals surface area contributed by atoms with Gasteiger partial charge in [-0.15, -0.1) is 17.0 Å². The summed E-state index contributed by atoms with van der Waals surface area (Å²) in [6, 6.07) is 1.59. The van der Waals surface area contributed by atoms with Crippen LogP contribution in [0.3, 0.4) is 0 Å². The summed E-state index contributed by atoms with van der Waals surface area (Å²) in [5.74, 6) is 0.436. The number of alkyl halides is 1. The molecule has 1 heterocycles. The lowest BCUT2D eigenvalue weighted by Gasteiger charge is -2.06. The van der Waals surface area contributed by atoms with Crippen molar-refractivity contribution in [1.29, 1.82) is 0 Å². The summed E-state index contributed by atoms with van der Waals surface area (Å²) >= 11 is 3.33. The SMILES string of the molecule is Br.CCCCCCCCCCCCCCCCCCOc1c[nH]c(CBr)cc1=O. The molecule has 29 heavy (non-hydrogen) atoms. The molecule has 0 amide bonds. The minimum absolute atomic E-state index is 0. The molecule has 0 aliphatic carbocycles. The van der Waals surface area contributed by atoms with Crippen LogP contribution in [0.15, 0.2) is 17.1 Å². The Kier molecular flexibility index (Phi) is 20.8. The molecular weight excluding hydrogens is 494 g/mol. The van der Waals surface area contributed by atoms with Crippen molar-refractivity contribution in [3.05, 3.63) is 28.2 Å². The molecular formula is C24H43Br2NO2. The number of hydrogen-bond acceptors (Lipinski definition) is 2. The van der Waals surface area contributed by atoms with E-state index in [4.69, 9.17) is 4.74 Å². The number of aromatic amines is 1. The molecule has 0 bridgehead atoms. The first-order valence-corrected chi connectivity index (χ1v) is 12.8. The molecule has 1 N–H and O–H groups in total. The topological polar surface area (TPSA) is 42.1 Å². The van der Waals surface area contributed by atoms with Gasteiger partial charge in [0.25, 0.3) is 0 Å². The number of pyridine rings is 1. The molecule has 0 saturated carbocycles. The third kappa shape index (κ3) is 16.1. The van der Waals surface area contributed by atoms with Crippen molar-refractivity contribution >= 4 is 32.9 Å². The second-order valence-corrected chi connectivity index (χ2v) is 8.53. The number of nitrogens with one attached hydrogen (secondary N) is 1. The van der Waals surface area contributed by atoms with E-state index in [1.807, 2.05) is 0 Å². The van der Waals surface area contributed by atoms with E-state index in [9.17, 15) is 4.79 Å². The van der Waals surface area contributed by atoms with Gasteiger partial charge in [0.05, 0.1) is 6.61 Å². The van der Waals surface area contributed by atoms with Crippen molar-refractivity contribution in [3.8, 4) is 5.75 Å². The number of rotatable bonds is 19. The molecule has 3 nitrogen and oxygen atoms in total. The molecule has 1 aromatic rings. The minimum atomic E-state index is -0.0373. The van der Waals surface area contributed by atoms with Crippen molar-refractivity contribution in [2.24, 2.45) is 0 Å². The third-order valence-corrected chi connectivity index (χ3v) is 5.94. The Morgan fingerprint density at radius 2 is 1.24 bits per heavy atom. The van der Waals surface area contributed by atoms with Crippen LogP contribution in [-0.2, 0) is 5.33 Å². The highest BCUT2D eigenvalue weighted by molar-refractivity contribution is 9.08. The van der Waals surface area contributed by atoms with E-state index >= 15 is 0 Å². The fourth-order valence-electron chi connectivity index (χ4n) is 3.52. The summed E-state index contributed by atoms with van der Waals surface area (Å²) in [5.41, 5.74) is 0.837. The van der Waals surface area contributed by atoms with Crippen molar-refractivity contribution in [1.82, 2.24) is 4.98 Å². The van der Waals surface area contributed by atoms with Gasteiger partial charge in [0, 0.05) is 23.3 Å². The molecule has 0 atom stereocenters. The normalized spacial score (nSPS) is 10.7. The van der Waals surface area contributed by atoms with Crippen molar-refractivity contribution in [2.45, 2.75) is 115 Å². The zero-order valence-corrected chi connectivity index (χ0v) is 21.8. The maximum atomic E-state index is 11.8. The Morgan fingerprint density at radius 1 is 0.793 bits per heavy atom. The summed E-state index contributed by atoms with van der Waals surface area (Å²) in [7, 11) is 0. The summed E-state index contributed by atoms with van der Waals surface area (Å²) in [6.45, 7) is 2.92. The molecule has 0 fully saturated rings. The second-order valence-electron chi connectivity index (χ2n) is 7.97. The number of H-pyrrole nitrogens is 1. The van der Waals surface area contributed by atoms with Crippen molar-refractivity contribution in [2.75, 3.05) is 6.61 Å². The lowest BCUT2D eigenvalue weighted by atomic mass is 10.0. The monoisotopic (exact) mass is 535 g/mol. The Labute approximate surface area is 197 Å². The number of halogens is 2. The number of unbranched alkanes of at least 4 members (excludes halogenated alkanes) is 15. The van der Waals surface area contributed by atoms with Crippen LogP contribution in [0.25, 0.3) is 0 Å². The van der Waals surface area contributed by atoms with E-state index in [1.54, 1.807) is 12.3 Å². The predicted octanol–water partition coefficient (Wildman–Crippen LogP) is 8.49. The van der Waals surface area contributed by atoms with Gasteiger partial charge in [-0.05, 0) is 6.42 Å². The first kappa shape index (κ1) is 28.7. The lowest BCUT2D eigenvalue weighted by molar-refractivity contribution is 0.300. The minimum Gasteiger partial charge on any atom is -0.488 e. The highest BCUT2D eigenvalue weighted by Crippen LogP contribution is 2.14. The zero-order chi connectivity index (χ0) is 20.3. The van der Waals surface area contributed by atoms with E-state index in [-0.39, 0.29) is 22.4 Å². The number of hydrogen-bond donors (Lipinski definition) is 1. The fraction of sp³-hybridized carbons (Fsp3) is 0.792. The summed E-state index contributed by atoms with van der Waals surface area (Å²) in [4.78, 5) is 14.9. The molecule has 170 valence electrons. The Hall–Kier alpha value is -0.290. The summed E-state index contributed by atoms with van der Waals surface area (Å²) in [5, 5.41) is 0.654. The molecule has 1 rings (SSSR count). The van der Waals surface area contributed by atoms with E-state index in [0.717, 1.165) is 12.1 Å². The van der Waals surface area contributed by atoms with Crippen LogP contribution >= 0.6 is 32.9 Å². The van der Waals surface area contributed by atoms with Crippen LogP contribution in [0.2, 0.25) is 0 Å². The first-order valence-electron chi connectivity index (χ1n) is 11.7. The zero-order valence-electron chi connectivity index (χ0n) is 18.5. The van der Waals surface area contributed by atoms with Crippen molar-refractivity contribution in [3.63, 3.8) is 0 Å². The van der Waals surface area contributed by atoms with Gasteiger partial charge >= 0.3 is 0 Å². The summed E-state index contributed by atoms with van der Waals surface area (Å²) < 4.78 is 5.60. The van der Waals surface area contributed by atoms with Gasteiger partial charge in [0.15, 0.2) is 5.75 Å². The molecule has 0 radical (unpaired) electrons. The summed E-state index contributed by atoms with van der Waals surface area (Å²) in [6.07, 6.45) is 23.5. The van der Waals surface area contributed by atoms with Gasteiger partial charge in [-0.25, -0.2) is 0 Å². The van der Waals surface area contributed by atoms with Crippen LogP contribution < -0.4 is 10.2 Å². The second kappa shape index (κ2) is 21.0. The maximum absolute atomic E-state index is 11.8. The van der Waals surface area contributed by atoms with Gasteiger partial charge in [-0.3, -0.25) is 4.79 Å². The highest BCUT2D eigenvalue weighted by atomic mass is 79.9. The predicted molar refractivity (Wildman–Crippen MR) is 135 cm³/mol. The van der Waals surface area contributed by atoms with E-state index < -0.39 is 0 Å². The van der Waals surface area contributed by atoms with Crippen LogP contribution in [0, 0.1) is 0 Å². The lowest BCUT2D eigenvalue weighted by Crippen LogP contribution is -2.10. The van der Waals surface area contributed by atoms with Crippen LogP contribution in [-0.4, -0.2) is 11.6 Å². The van der Waals surface area contributed by atoms with Gasteiger partial charge in [-0.1, -0.05) is 119 Å². The molecule has 0 saturated heterocycles. The van der Waals surface area contributed by atoms with E-state index in [2.05, 4.69) is 27.8 Å². The largest absolute Gasteiger partial charge is 0.488 e. The fourth-order valence-corrected chi connectivity index (χ4v) is 3.85. The van der Waals surface area contributed by atoms with E-state index in [0.29, 0.717) is 17.7 Å². The van der Waals surface area contributed by atoms with Crippen LogP contribution in [0.1, 0.15) is 115 Å². The average molecular weight is 537 g/mol. The molecule has 0 aliphatic rings. The maximum Gasteiger partial charge on any atom is 0.223 e. The molecule has 0 aromatic carbocycles. The highest BCUT2D eigenvalue weighted by Gasteiger charge is 2.01. The van der Waals surface area contributed by atoms with Gasteiger partial charge in [-0.2, -0.15) is 0 Å². The van der Waals surface area contributed by atoms with Crippen LogP contribution in [0.5, 0.6) is 5.75 Å². The Morgan fingerprint density at radius 3 is 1.66 bits per heavy atom. The van der Waals surface area contributed by atoms with Crippen LogP contribution in [0.4, 0.5) is 0 Å². The van der Waals surface area contributed by atoms with Crippen molar-refractivity contribution < 1.29 is 4.74 Å². The quantitative estimate of drug-likeness (QED) is 0.142. The third-order valence-electron chi connectivity index (χ3n) is 5.34. The molecule has 0 aliphatic heterocycles. The molecule has 5 heteroatoms. The van der Waals surface area contributed by atoms with Gasteiger partial charge in [0.2, 0.25) is 5.43 Å². The van der Waals surface area contributed by atoms with Gasteiger partial charge in [0.1, 0.15) is 0 Å². The average Bonchev–Trinajstić information content (AvgIpc) is 2.71. The smallest absolute Gasteiger partial charge is 0.223 e. The van der Waals surface area contributed by atoms with Gasteiger partial charge < -0.3 is 9.72 Å². The Balaban J connectivity index is 0.00000784. The molecule has 0 spiro atoms. The number of ether oxygens (including phenoxy) is 1. The molecule has 1 aromatic heterocycles. The molecule has 0 unspecified atom stereocenters. The number of aromatic nitrogens is 1.